The maximum atomic E-state index is 12.0. The first-order valence-electron chi connectivity index (χ1n) is 10.2. The van der Waals surface area contributed by atoms with Crippen LogP contribution in [0.3, 0.4) is 0 Å². The number of amides is 1. The van der Waals surface area contributed by atoms with E-state index >= 15 is 0 Å². The summed E-state index contributed by atoms with van der Waals surface area (Å²) in [6, 6.07) is 7.28. The van der Waals surface area contributed by atoms with Gasteiger partial charge in [0.05, 0.1) is 15.9 Å². The predicted octanol–water partition coefficient (Wildman–Crippen LogP) is 3.55. The summed E-state index contributed by atoms with van der Waals surface area (Å²) < 4.78 is 5.37. The van der Waals surface area contributed by atoms with Gasteiger partial charge in [-0.2, -0.15) is 0 Å². The Kier molecular flexibility index (Phi) is 5.83. The number of hydrogen-bond acceptors (Lipinski definition) is 7. The second-order valence-electron chi connectivity index (χ2n) is 8.71. The number of likely N-dealkylation sites (tertiary alicyclic amines) is 1. The van der Waals surface area contributed by atoms with Crippen molar-refractivity contribution in [2.75, 3.05) is 19.6 Å². The van der Waals surface area contributed by atoms with Crippen molar-refractivity contribution in [3.05, 3.63) is 40.8 Å². The molecule has 1 aliphatic rings. The van der Waals surface area contributed by atoms with Gasteiger partial charge in [-0.1, -0.05) is 12.1 Å². The van der Waals surface area contributed by atoms with Crippen LogP contribution in [-0.2, 0) is 4.74 Å². The van der Waals surface area contributed by atoms with Crippen LogP contribution in [0.4, 0.5) is 4.79 Å². The zero-order valence-electron chi connectivity index (χ0n) is 17.7. The van der Waals surface area contributed by atoms with E-state index in [1.54, 1.807) is 28.4 Å². The Morgan fingerprint density at radius 2 is 2.19 bits per heavy atom. The van der Waals surface area contributed by atoms with Crippen molar-refractivity contribution in [2.45, 2.75) is 32.6 Å². The van der Waals surface area contributed by atoms with E-state index in [9.17, 15) is 14.7 Å². The van der Waals surface area contributed by atoms with Gasteiger partial charge in [-0.3, -0.25) is 10.1 Å². The molecule has 8 nitrogen and oxygen atoms in total. The van der Waals surface area contributed by atoms with E-state index in [0.717, 1.165) is 11.2 Å². The van der Waals surface area contributed by atoms with Gasteiger partial charge in [0.1, 0.15) is 17.7 Å². The minimum Gasteiger partial charge on any atom is -0.444 e. The number of benzene rings is 1. The lowest BCUT2D eigenvalue weighted by atomic mass is 10.0. The maximum absolute atomic E-state index is 12.0. The van der Waals surface area contributed by atoms with Gasteiger partial charge in [0.25, 0.3) is 0 Å². The largest absolute Gasteiger partial charge is 0.444 e. The number of imidazole rings is 1. The van der Waals surface area contributed by atoms with E-state index in [1.165, 1.54) is 0 Å². The number of hydrogen-bond donors (Lipinski definition) is 3. The SMILES string of the molecule is CC(C)(C)OC(=O)N1CC(CNC(O)c2ccc(C=O)c3[nH]c(-c4cccs4)nc23)C1. The number of aliphatic hydroxyl groups excluding tert-OH is 1. The Labute approximate surface area is 184 Å². The number of carbonyl (C=O) groups excluding carboxylic acids is 2. The summed E-state index contributed by atoms with van der Waals surface area (Å²) in [6.07, 6.45) is -0.478. The van der Waals surface area contributed by atoms with Gasteiger partial charge in [0, 0.05) is 36.7 Å². The van der Waals surface area contributed by atoms with E-state index in [2.05, 4.69) is 15.3 Å². The lowest BCUT2D eigenvalue weighted by molar-refractivity contribution is -0.00301. The second-order valence-corrected chi connectivity index (χ2v) is 9.66. The molecule has 4 rings (SSSR count). The Balaban J connectivity index is 1.42. The average Bonchev–Trinajstić information content (AvgIpc) is 3.33. The van der Waals surface area contributed by atoms with E-state index in [0.29, 0.717) is 47.6 Å². The topological polar surface area (TPSA) is 108 Å². The molecule has 1 amide bonds. The number of aromatic nitrogens is 2. The molecule has 3 aromatic rings. The third-order valence-corrected chi connectivity index (χ3v) is 5.97. The van der Waals surface area contributed by atoms with Crippen LogP contribution in [0.5, 0.6) is 0 Å². The van der Waals surface area contributed by atoms with Crippen LogP contribution in [0.1, 0.15) is 42.9 Å². The molecular weight excluding hydrogens is 416 g/mol. The third-order valence-electron chi connectivity index (χ3n) is 5.09. The molecular formula is C22H26N4O4S. The van der Waals surface area contributed by atoms with Gasteiger partial charge in [-0.15, -0.1) is 11.3 Å². The van der Waals surface area contributed by atoms with Gasteiger partial charge < -0.3 is 19.7 Å². The number of carbonyl (C=O) groups is 2. The van der Waals surface area contributed by atoms with Crippen molar-refractivity contribution in [2.24, 2.45) is 5.92 Å². The second kappa shape index (κ2) is 8.41. The summed E-state index contributed by atoms with van der Waals surface area (Å²) in [6.45, 7) is 7.23. The highest BCUT2D eigenvalue weighted by molar-refractivity contribution is 7.13. The number of nitrogens with zero attached hydrogens (tertiary/aromatic N) is 2. The van der Waals surface area contributed by atoms with E-state index in [-0.39, 0.29) is 12.0 Å². The molecule has 1 saturated heterocycles. The molecule has 1 aliphatic heterocycles. The summed E-state index contributed by atoms with van der Waals surface area (Å²) in [7, 11) is 0. The first-order valence-corrected chi connectivity index (χ1v) is 11.0. The molecule has 3 heterocycles. The average molecular weight is 443 g/mol. The van der Waals surface area contributed by atoms with Crippen molar-refractivity contribution in [3.8, 4) is 10.7 Å². The number of nitrogens with one attached hydrogen (secondary N) is 2. The zero-order valence-corrected chi connectivity index (χ0v) is 18.5. The molecule has 0 bridgehead atoms. The Bertz CT molecular complexity index is 1080. The number of thiophene rings is 1. The lowest BCUT2D eigenvalue weighted by Gasteiger charge is -2.40. The molecule has 1 aromatic carbocycles. The van der Waals surface area contributed by atoms with Crippen molar-refractivity contribution in [1.29, 1.82) is 0 Å². The van der Waals surface area contributed by atoms with Crippen LogP contribution in [0.25, 0.3) is 21.7 Å². The summed E-state index contributed by atoms with van der Waals surface area (Å²) in [5, 5.41) is 15.8. The predicted molar refractivity (Wildman–Crippen MR) is 119 cm³/mol. The molecule has 0 radical (unpaired) electrons. The quantitative estimate of drug-likeness (QED) is 0.398. The molecule has 1 unspecified atom stereocenters. The molecule has 1 atom stereocenters. The number of ether oxygens (including phenoxy) is 1. The van der Waals surface area contributed by atoms with Crippen LogP contribution >= 0.6 is 11.3 Å². The normalized spacial score (nSPS) is 15.7. The molecule has 0 saturated carbocycles. The van der Waals surface area contributed by atoms with E-state index < -0.39 is 11.8 Å². The first kappa shape index (κ1) is 21.5. The smallest absolute Gasteiger partial charge is 0.410 e. The standard InChI is InChI=1S/C22H26N4O4S/c1-22(2,3)30-21(29)26-10-13(11-26)9-23-20(28)15-7-6-14(12-27)17-18(15)25-19(24-17)16-5-4-8-31-16/h4-8,12-13,20,23,28H,9-11H2,1-3H3,(H,24,25). The minimum atomic E-state index is -0.946. The van der Waals surface area contributed by atoms with Crippen LogP contribution in [-0.4, -0.2) is 57.6 Å². The fraction of sp³-hybridized carbons (Fsp3) is 0.409. The highest BCUT2D eigenvalue weighted by atomic mass is 32.1. The molecule has 0 spiro atoms. The summed E-state index contributed by atoms with van der Waals surface area (Å²) in [5.41, 5.74) is 1.76. The van der Waals surface area contributed by atoms with Crippen molar-refractivity contribution in [3.63, 3.8) is 0 Å². The summed E-state index contributed by atoms with van der Waals surface area (Å²) >= 11 is 1.55. The number of fused-ring (bicyclic) bond motifs is 1. The Morgan fingerprint density at radius 3 is 2.84 bits per heavy atom. The molecule has 164 valence electrons. The highest BCUT2D eigenvalue weighted by Crippen LogP contribution is 2.30. The molecule has 2 aromatic heterocycles. The Hall–Kier alpha value is -2.75. The van der Waals surface area contributed by atoms with E-state index in [4.69, 9.17) is 4.74 Å². The van der Waals surface area contributed by atoms with Crippen LogP contribution in [0, 0.1) is 5.92 Å². The molecule has 9 heteroatoms. The number of aliphatic hydroxyl groups is 1. The number of H-pyrrole nitrogens is 1. The number of rotatable bonds is 6. The molecule has 0 aliphatic carbocycles. The van der Waals surface area contributed by atoms with Crippen LogP contribution < -0.4 is 5.32 Å². The minimum absolute atomic E-state index is 0.229. The lowest BCUT2D eigenvalue weighted by Crippen LogP contribution is -2.54. The van der Waals surface area contributed by atoms with Gasteiger partial charge in [-0.05, 0) is 38.3 Å². The van der Waals surface area contributed by atoms with Crippen LogP contribution in [0.15, 0.2) is 29.6 Å². The van der Waals surface area contributed by atoms with Gasteiger partial charge in [-0.25, -0.2) is 9.78 Å². The van der Waals surface area contributed by atoms with Crippen molar-refractivity contribution >= 4 is 34.7 Å². The fourth-order valence-electron chi connectivity index (χ4n) is 3.54. The molecule has 31 heavy (non-hydrogen) atoms. The van der Waals surface area contributed by atoms with Crippen molar-refractivity contribution in [1.82, 2.24) is 20.2 Å². The van der Waals surface area contributed by atoms with Crippen molar-refractivity contribution < 1.29 is 19.4 Å². The monoisotopic (exact) mass is 442 g/mol. The summed E-state index contributed by atoms with van der Waals surface area (Å²) in [5.74, 6) is 0.896. The molecule has 3 N–H and O–H groups in total. The van der Waals surface area contributed by atoms with Gasteiger partial charge >= 0.3 is 6.09 Å². The summed E-state index contributed by atoms with van der Waals surface area (Å²) in [4.78, 5) is 34.0. The first-order chi connectivity index (χ1) is 14.7. The Morgan fingerprint density at radius 1 is 1.42 bits per heavy atom. The van der Waals surface area contributed by atoms with Gasteiger partial charge in [0.15, 0.2) is 6.29 Å². The zero-order chi connectivity index (χ0) is 22.2. The maximum Gasteiger partial charge on any atom is 0.410 e. The fourth-order valence-corrected chi connectivity index (χ4v) is 4.21. The van der Waals surface area contributed by atoms with Gasteiger partial charge in [0.2, 0.25) is 0 Å². The third kappa shape index (κ3) is 4.63. The highest BCUT2D eigenvalue weighted by Gasteiger charge is 2.33. The number of aromatic amines is 1. The van der Waals surface area contributed by atoms with E-state index in [1.807, 2.05) is 38.3 Å². The van der Waals surface area contributed by atoms with Crippen LogP contribution in [0.2, 0.25) is 0 Å². The number of aldehydes is 1. The molecule has 1 fully saturated rings.